The lowest BCUT2D eigenvalue weighted by atomic mass is 10.1. The standard InChI is InChI=1S/C22H36N4O2/c1-23-22(24-10-5-6-11-25-13-15-27-16-14-25)26-12-9-21(17-26)19-28-18-20-7-3-2-4-8-20/h2-4,7-8,21H,5-6,9-19H2,1H3,(H,23,24). The number of likely N-dealkylation sites (tertiary alicyclic amines) is 1. The summed E-state index contributed by atoms with van der Waals surface area (Å²) in [5, 5.41) is 3.54. The molecule has 1 unspecified atom stereocenters. The molecule has 1 aromatic rings. The van der Waals surface area contributed by atoms with Gasteiger partial charge in [0.05, 0.1) is 26.4 Å². The summed E-state index contributed by atoms with van der Waals surface area (Å²) < 4.78 is 11.3. The first-order valence-electron chi connectivity index (χ1n) is 10.7. The van der Waals surface area contributed by atoms with E-state index in [1.807, 2.05) is 13.1 Å². The van der Waals surface area contributed by atoms with Crippen LogP contribution in [0.25, 0.3) is 0 Å². The molecule has 28 heavy (non-hydrogen) atoms. The van der Waals surface area contributed by atoms with E-state index in [1.54, 1.807) is 0 Å². The molecule has 2 aliphatic heterocycles. The van der Waals surface area contributed by atoms with Gasteiger partial charge in [0.1, 0.15) is 0 Å². The molecule has 0 spiro atoms. The van der Waals surface area contributed by atoms with Crippen molar-refractivity contribution in [3.05, 3.63) is 35.9 Å². The molecular weight excluding hydrogens is 352 g/mol. The maximum absolute atomic E-state index is 5.94. The summed E-state index contributed by atoms with van der Waals surface area (Å²) in [6.45, 7) is 9.71. The third-order valence-corrected chi connectivity index (χ3v) is 5.55. The van der Waals surface area contributed by atoms with Crippen LogP contribution in [0.4, 0.5) is 0 Å². The second-order valence-electron chi connectivity index (χ2n) is 7.74. The van der Waals surface area contributed by atoms with Gasteiger partial charge in [-0.05, 0) is 31.4 Å². The molecule has 156 valence electrons. The van der Waals surface area contributed by atoms with Gasteiger partial charge in [-0.1, -0.05) is 30.3 Å². The second-order valence-corrected chi connectivity index (χ2v) is 7.74. The molecule has 0 aromatic heterocycles. The van der Waals surface area contributed by atoms with Crippen molar-refractivity contribution in [2.45, 2.75) is 25.9 Å². The van der Waals surface area contributed by atoms with Crippen LogP contribution in [0, 0.1) is 5.92 Å². The Hall–Kier alpha value is -1.63. The Morgan fingerprint density at radius 3 is 2.79 bits per heavy atom. The molecule has 1 N–H and O–H groups in total. The van der Waals surface area contributed by atoms with E-state index in [2.05, 4.69) is 44.4 Å². The zero-order chi connectivity index (χ0) is 19.4. The fourth-order valence-corrected chi connectivity index (χ4v) is 3.90. The van der Waals surface area contributed by atoms with Crippen LogP contribution in [0.2, 0.25) is 0 Å². The minimum absolute atomic E-state index is 0.587. The number of ether oxygens (including phenoxy) is 2. The Bertz CT molecular complexity index is 575. The first kappa shape index (κ1) is 21.1. The Kier molecular flexibility index (Phi) is 9.07. The number of guanidine groups is 1. The summed E-state index contributed by atoms with van der Waals surface area (Å²) in [5.74, 6) is 1.63. The predicted molar refractivity (Wildman–Crippen MR) is 114 cm³/mol. The highest BCUT2D eigenvalue weighted by Crippen LogP contribution is 2.17. The summed E-state index contributed by atoms with van der Waals surface area (Å²) in [6.07, 6.45) is 3.57. The van der Waals surface area contributed by atoms with E-state index in [0.29, 0.717) is 12.5 Å². The molecule has 3 rings (SSSR count). The van der Waals surface area contributed by atoms with Crippen LogP contribution >= 0.6 is 0 Å². The van der Waals surface area contributed by atoms with Crippen LogP contribution in [0.3, 0.4) is 0 Å². The normalized spacial score (nSPS) is 21.2. The SMILES string of the molecule is CN=C(NCCCCN1CCOCC1)N1CCC(COCc2ccccc2)C1. The highest BCUT2D eigenvalue weighted by Gasteiger charge is 2.24. The van der Waals surface area contributed by atoms with Crippen LogP contribution in [0.5, 0.6) is 0 Å². The summed E-state index contributed by atoms with van der Waals surface area (Å²) in [7, 11) is 1.88. The number of benzene rings is 1. The molecular formula is C22H36N4O2. The lowest BCUT2D eigenvalue weighted by Gasteiger charge is -2.26. The van der Waals surface area contributed by atoms with Crippen molar-refractivity contribution in [3.63, 3.8) is 0 Å². The lowest BCUT2D eigenvalue weighted by Crippen LogP contribution is -2.41. The Morgan fingerprint density at radius 2 is 2.00 bits per heavy atom. The first-order valence-corrected chi connectivity index (χ1v) is 10.7. The molecule has 1 atom stereocenters. The monoisotopic (exact) mass is 388 g/mol. The van der Waals surface area contributed by atoms with Crippen LogP contribution in [-0.4, -0.2) is 81.9 Å². The van der Waals surface area contributed by atoms with Gasteiger partial charge in [0.25, 0.3) is 0 Å². The summed E-state index contributed by atoms with van der Waals surface area (Å²) in [6, 6.07) is 10.4. The van der Waals surface area contributed by atoms with Gasteiger partial charge in [0.2, 0.25) is 0 Å². The van der Waals surface area contributed by atoms with Crippen molar-refractivity contribution in [2.75, 3.05) is 66.1 Å². The second kappa shape index (κ2) is 12.0. The van der Waals surface area contributed by atoms with Crippen LogP contribution < -0.4 is 5.32 Å². The maximum Gasteiger partial charge on any atom is 0.193 e. The number of aliphatic imine (C=N–C) groups is 1. The van der Waals surface area contributed by atoms with E-state index in [4.69, 9.17) is 9.47 Å². The van der Waals surface area contributed by atoms with Gasteiger partial charge in [-0.3, -0.25) is 9.89 Å². The fourth-order valence-electron chi connectivity index (χ4n) is 3.90. The molecule has 0 bridgehead atoms. The number of hydrogen-bond donors (Lipinski definition) is 1. The molecule has 2 fully saturated rings. The number of rotatable bonds is 9. The number of morpholine rings is 1. The van der Waals surface area contributed by atoms with Gasteiger partial charge >= 0.3 is 0 Å². The van der Waals surface area contributed by atoms with Crippen LogP contribution in [0.1, 0.15) is 24.8 Å². The van der Waals surface area contributed by atoms with Crippen molar-refractivity contribution >= 4 is 5.96 Å². The molecule has 2 heterocycles. The van der Waals surface area contributed by atoms with Gasteiger partial charge in [0.15, 0.2) is 5.96 Å². The van der Waals surface area contributed by atoms with Gasteiger partial charge < -0.3 is 19.7 Å². The molecule has 0 saturated carbocycles. The molecule has 2 saturated heterocycles. The third-order valence-electron chi connectivity index (χ3n) is 5.55. The van der Waals surface area contributed by atoms with Crippen molar-refractivity contribution in [1.29, 1.82) is 0 Å². The predicted octanol–water partition coefficient (Wildman–Crippen LogP) is 2.21. The van der Waals surface area contributed by atoms with Gasteiger partial charge in [-0.15, -0.1) is 0 Å². The highest BCUT2D eigenvalue weighted by atomic mass is 16.5. The molecule has 0 aliphatic carbocycles. The first-order chi connectivity index (χ1) is 13.8. The number of nitrogens with zero attached hydrogens (tertiary/aromatic N) is 3. The zero-order valence-electron chi connectivity index (χ0n) is 17.3. The van der Waals surface area contributed by atoms with Crippen molar-refractivity contribution in [3.8, 4) is 0 Å². The van der Waals surface area contributed by atoms with Gasteiger partial charge in [-0.25, -0.2) is 0 Å². The summed E-state index contributed by atoms with van der Waals surface area (Å²) in [5.41, 5.74) is 1.24. The Balaban J connectivity index is 1.27. The quantitative estimate of drug-likeness (QED) is 0.399. The molecule has 0 amide bonds. The smallest absolute Gasteiger partial charge is 0.193 e. The van der Waals surface area contributed by atoms with Gasteiger partial charge in [-0.2, -0.15) is 0 Å². The average Bonchev–Trinajstić information content (AvgIpc) is 3.21. The van der Waals surface area contributed by atoms with E-state index in [1.165, 1.54) is 31.4 Å². The Labute approximate surface area is 169 Å². The molecule has 6 heteroatoms. The van der Waals surface area contributed by atoms with Gasteiger partial charge in [0, 0.05) is 45.7 Å². The lowest BCUT2D eigenvalue weighted by molar-refractivity contribution is 0.0372. The topological polar surface area (TPSA) is 49.3 Å². The van der Waals surface area contributed by atoms with E-state index in [9.17, 15) is 0 Å². The minimum Gasteiger partial charge on any atom is -0.379 e. The largest absolute Gasteiger partial charge is 0.379 e. The molecule has 1 aromatic carbocycles. The van der Waals surface area contributed by atoms with Crippen molar-refractivity contribution < 1.29 is 9.47 Å². The third kappa shape index (κ3) is 7.08. The van der Waals surface area contributed by atoms with Crippen LogP contribution in [0.15, 0.2) is 35.3 Å². The summed E-state index contributed by atoms with van der Waals surface area (Å²) in [4.78, 5) is 9.36. The molecule has 2 aliphatic rings. The fraction of sp³-hybridized carbons (Fsp3) is 0.682. The highest BCUT2D eigenvalue weighted by molar-refractivity contribution is 5.80. The van der Waals surface area contributed by atoms with Crippen LogP contribution in [-0.2, 0) is 16.1 Å². The molecule has 6 nitrogen and oxygen atoms in total. The average molecular weight is 389 g/mol. The maximum atomic E-state index is 5.94. The number of hydrogen-bond acceptors (Lipinski definition) is 4. The molecule has 0 radical (unpaired) electrons. The van der Waals surface area contributed by atoms with E-state index >= 15 is 0 Å². The Morgan fingerprint density at radius 1 is 1.18 bits per heavy atom. The number of nitrogens with one attached hydrogen (secondary N) is 1. The van der Waals surface area contributed by atoms with E-state index in [-0.39, 0.29) is 0 Å². The van der Waals surface area contributed by atoms with E-state index in [0.717, 1.165) is 58.5 Å². The van der Waals surface area contributed by atoms with Crippen molar-refractivity contribution in [2.24, 2.45) is 10.9 Å². The zero-order valence-corrected chi connectivity index (χ0v) is 17.3. The minimum atomic E-state index is 0.587. The number of unbranched alkanes of at least 4 members (excludes halogenated alkanes) is 1. The van der Waals surface area contributed by atoms with Crippen molar-refractivity contribution in [1.82, 2.24) is 15.1 Å². The summed E-state index contributed by atoms with van der Waals surface area (Å²) >= 11 is 0. The van der Waals surface area contributed by atoms with E-state index < -0.39 is 0 Å².